The maximum atomic E-state index is 10.7. The Morgan fingerprint density at radius 1 is 1.64 bits per heavy atom. The lowest BCUT2D eigenvalue weighted by Gasteiger charge is -2.32. The van der Waals surface area contributed by atoms with Gasteiger partial charge >= 0.3 is 5.97 Å². The Morgan fingerprint density at radius 3 is 2.64 bits per heavy atom. The van der Waals surface area contributed by atoms with E-state index in [2.05, 4.69) is 4.74 Å². The molecule has 5 heteroatoms. The van der Waals surface area contributed by atoms with Crippen LogP contribution in [0.15, 0.2) is 0 Å². The summed E-state index contributed by atoms with van der Waals surface area (Å²) < 4.78 is 9.35. The SMILES string of the molecule is CC1(C)OC(=O)C(=N)C(O)O1. The predicted octanol–water partition coefficient (Wildman–Crippen LogP) is -0.366. The van der Waals surface area contributed by atoms with Crippen molar-refractivity contribution in [2.75, 3.05) is 0 Å². The van der Waals surface area contributed by atoms with Crippen LogP contribution in [0.3, 0.4) is 0 Å². The molecule has 1 saturated heterocycles. The molecule has 1 heterocycles. The summed E-state index contributed by atoms with van der Waals surface area (Å²) >= 11 is 0. The highest BCUT2D eigenvalue weighted by Gasteiger charge is 2.38. The van der Waals surface area contributed by atoms with Gasteiger partial charge < -0.3 is 14.6 Å². The first kappa shape index (κ1) is 8.16. The minimum Gasteiger partial charge on any atom is -0.429 e. The Hall–Kier alpha value is -0.940. The van der Waals surface area contributed by atoms with Crippen LogP contribution in [0, 0.1) is 5.41 Å². The van der Waals surface area contributed by atoms with Gasteiger partial charge in [-0.2, -0.15) is 0 Å². The van der Waals surface area contributed by atoms with Crippen molar-refractivity contribution in [3.63, 3.8) is 0 Å². The Balaban J connectivity index is 2.78. The molecule has 0 bridgehead atoms. The first-order chi connectivity index (χ1) is 4.92. The zero-order valence-electron chi connectivity index (χ0n) is 6.25. The molecule has 0 aromatic heterocycles. The molecule has 1 unspecified atom stereocenters. The molecule has 0 aromatic carbocycles. The van der Waals surface area contributed by atoms with E-state index in [9.17, 15) is 4.79 Å². The summed E-state index contributed by atoms with van der Waals surface area (Å²) in [7, 11) is 0. The van der Waals surface area contributed by atoms with E-state index < -0.39 is 23.8 Å². The van der Waals surface area contributed by atoms with Crippen LogP contribution in [0.5, 0.6) is 0 Å². The summed E-state index contributed by atoms with van der Waals surface area (Å²) in [6, 6.07) is 0. The maximum Gasteiger partial charge on any atom is 0.359 e. The molecule has 0 aromatic rings. The highest BCUT2D eigenvalue weighted by molar-refractivity contribution is 6.36. The van der Waals surface area contributed by atoms with Gasteiger partial charge in [0.15, 0.2) is 5.71 Å². The number of ether oxygens (including phenoxy) is 2. The fourth-order valence-electron chi connectivity index (χ4n) is 0.731. The Labute approximate surface area is 63.4 Å². The third-order valence-electron chi connectivity index (χ3n) is 1.20. The molecule has 5 nitrogen and oxygen atoms in total. The van der Waals surface area contributed by atoms with E-state index in [1.165, 1.54) is 13.8 Å². The van der Waals surface area contributed by atoms with Gasteiger partial charge in [0, 0.05) is 13.8 Å². The van der Waals surface area contributed by atoms with E-state index in [-0.39, 0.29) is 0 Å². The van der Waals surface area contributed by atoms with Gasteiger partial charge in [0.2, 0.25) is 12.1 Å². The van der Waals surface area contributed by atoms with Gasteiger partial charge in [-0.3, -0.25) is 5.41 Å². The van der Waals surface area contributed by atoms with Crippen molar-refractivity contribution in [1.82, 2.24) is 0 Å². The van der Waals surface area contributed by atoms with Gasteiger partial charge in [0.25, 0.3) is 0 Å². The van der Waals surface area contributed by atoms with Crippen LogP contribution in [0.25, 0.3) is 0 Å². The van der Waals surface area contributed by atoms with Gasteiger partial charge in [0.1, 0.15) is 0 Å². The maximum absolute atomic E-state index is 10.7. The summed E-state index contributed by atoms with van der Waals surface area (Å²) in [5, 5.41) is 15.9. The summed E-state index contributed by atoms with van der Waals surface area (Å²) in [6.45, 7) is 2.97. The summed E-state index contributed by atoms with van der Waals surface area (Å²) in [4.78, 5) is 10.7. The van der Waals surface area contributed by atoms with E-state index in [0.29, 0.717) is 0 Å². The molecule has 2 N–H and O–H groups in total. The monoisotopic (exact) mass is 159 g/mol. The third-order valence-corrected chi connectivity index (χ3v) is 1.20. The quantitative estimate of drug-likeness (QED) is 0.473. The van der Waals surface area contributed by atoms with Crippen LogP contribution in [0.2, 0.25) is 0 Å². The van der Waals surface area contributed by atoms with E-state index in [0.717, 1.165) is 0 Å². The van der Waals surface area contributed by atoms with Crippen LogP contribution < -0.4 is 0 Å². The lowest BCUT2D eigenvalue weighted by atomic mass is 10.3. The van der Waals surface area contributed by atoms with Gasteiger partial charge in [0.05, 0.1) is 0 Å². The van der Waals surface area contributed by atoms with Crippen molar-refractivity contribution in [2.24, 2.45) is 0 Å². The first-order valence-electron chi connectivity index (χ1n) is 3.10. The molecule has 0 aliphatic carbocycles. The standard InChI is InChI=1S/C6H9NO4/c1-6(2)10-4(8)3(7)5(9)11-6/h4,7-8H,1-2H3. The van der Waals surface area contributed by atoms with Gasteiger partial charge in [-0.15, -0.1) is 0 Å². The van der Waals surface area contributed by atoms with Crippen molar-refractivity contribution in [3.8, 4) is 0 Å². The number of esters is 1. The molecule has 62 valence electrons. The van der Waals surface area contributed by atoms with Gasteiger partial charge in [-0.1, -0.05) is 0 Å². The minimum absolute atomic E-state index is 0.565. The lowest BCUT2D eigenvalue weighted by Crippen LogP contribution is -2.48. The van der Waals surface area contributed by atoms with Crippen LogP contribution in [0.1, 0.15) is 13.8 Å². The highest BCUT2D eigenvalue weighted by Crippen LogP contribution is 2.19. The summed E-state index contributed by atoms with van der Waals surface area (Å²) in [5.41, 5.74) is -0.565. The minimum atomic E-state index is -1.47. The number of rotatable bonds is 0. The largest absolute Gasteiger partial charge is 0.429 e. The Bertz CT molecular complexity index is 211. The number of nitrogens with one attached hydrogen (secondary N) is 1. The molecule has 1 aliphatic heterocycles. The molecule has 0 radical (unpaired) electrons. The Kier molecular flexibility index (Phi) is 1.69. The normalized spacial score (nSPS) is 29.9. The molecule has 11 heavy (non-hydrogen) atoms. The molecular weight excluding hydrogens is 150 g/mol. The van der Waals surface area contributed by atoms with Crippen molar-refractivity contribution in [2.45, 2.75) is 25.9 Å². The fraction of sp³-hybridized carbons (Fsp3) is 0.667. The fourth-order valence-corrected chi connectivity index (χ4v) is 0.731. The van der Waals surface area contributed by atoms with Crippen molar-refractivity contribution in [1.29, 1.82) is 5.41 Å². The summed E-state index contributed by atoms with van der Waals surface area (Å²) in [6.07, 6.45) is -1.47. The average molecular weight is 159 g/mol. The summed E-state index contributed by atoms with van der Waals surface area (Å²) in [5.74, 6) is -1.98. The number of cyclic esters (lactones) is 1. The zero-order valence-corrected chi connectivity index (χ0v) is 6.25. The van der Waals surface area contributed by atoms with Crippen molar-refractivity contribution >= 4 is 11.7 Å². The van der Waals surface area contributed by atoms with Crippen molar-refractivity contribution in [3.05, 3.63) is 0 Å². The third kappa shape index (κ3) is 1.55. The van der Waals surface area contributed by atoms with E-state index in [1.54, 1.807) is 0 Å². The van der Waals surface area contributed by atoms with E-state index in [4.69, 9.17) is 15.3 Å². The second-order valence-corrected chi connectivity index (χ2v) is 2.67. The predicted molar refractivity (Wildman–Crippen MR) is 35.0 cm³/mol. The number of carbonyl (C=O) groups is 1. The smallest absolute Gasteiger partial charge is 0.359 e. The zero-order chi connectivity index (χ0) is 8.65. The number of aliphatic hydroxyl groups excluding tert-OH is 1. The van der Waals surface area contributed by atoms with Gasteiger partial charge in [-0.25, -0.2) is 4.79 Å². The van der Waals surface area contributed by atoms with E-state index in [1.807, 2.05) is 0 Å². The highest BCUT2D eigenvalue weighted by atomic mass is 16.8. The van der Waals surface area contributed by atoms with Gasteiger partial charge in [-0.05, 0) is 0 Å². The molecule has 0 amide bonds. The number of hydrogen-bond acceptors (Lipinski definition) is 5. The lowest BCUT2D eigenvalue weighted by molar-refractivity contribution is -0.264. The molecule has 1 rings (SSSR count). The number of carbonyl (C=O) groups excluding carboxylic acids is 1. The van der Waals surface area contributed by atoms with Crippen LogP contribution in [-0.4, -0.2) is 28.9 Å². The number of aliphatic hydroxyl groups is 1. The van der Waals surface area contributed by atoms with Crippen LogP contribution in [-0.2, 0) is 14.3 Å². The van der Waals surface area contributed by atoms with Crippen LogP contribution >= 0.6 is 0 Å². The molecular formula is C6H9NO4. The second kappa shape index (κ2) is 2.28. The average Bonchev–Trinajstić information content (AvgIpc) is 1.81. The number of hydrogen-bond donors (Lipinski definition) is 2. The second-order valence-electron chi connectivity index (χ2n) is 2.67. The molecule has 1 aliphatic rings. The van der Waals surface area contributed by atoms with Crippen LogP contribution in [0.4, 0.5) is 0 Å². The molecule has 0 saturated carbocycles. The topological polar surface area (TPSA) is 79.6 Å². The molecule has 1 atom stereocenters. The van der Waals surface area contributed by atoms with E-state index >= 15 is 0 Å². The Morgan fingerprint density at radius 2 is 2.18 bits per heavy atom. The first-order valence-corrected chi connectivity index (χ1v) is 3.10. The van der Waals surface area contributed by atoms with Crippen molar-refractivity contribution < 1.29 is 19.4 Å². The molecule has 1 fully saturated rings. The molecule has 0 spiro atoms.